The molecule has 3 nitrogen and oxygen atoms in total. The summed E-state index contributed by atoms with van der Waals surface area (Å²) in [5.41, 5.74) is 3.09. The van der Waals surface area contributed by atoms with Crippen molar-refractivity contribution in [2.24, 2.45) is 0 Å². The maximum Gasteiger partial charge on any atom is 0.421 e. The largest absolute Gasteiger partial charge is 0.452 e. The van der Waals surface area contributed by atoms with Crippen molar-refractivity contribution in [3.63, 3.8) is 0 Å². The zero-order valence-corrected chi connectivity index (χ0v) is 10.3. The molecular weight excluding hydrogens is 194 g/mol. The number of carbonyl (C=O) groups excluding carboxylic acids is 1. The van der Waals surface area contributed by atoms with Gasteiger partial charge in [-0.05, 0) is 0 Å². The SMILES string of the molecule is C=CCN(C#C[Si](C)(C)C)C(=O)OC. The van der Waals surface area contributed by atoms with Crippen LogP contribution in [-0.2, 0) is 4.74 Å². The van der Waals surface area contributed by atoms with Gasteiger partial charge in [0.25, 0.3) is 0 Å². The Bertz CT molecular complexity index is 270. The molecule has 0 atom stereocenters. The fraction of sp³-hybridized carbons (Fsp3) is 0.500. The molecule has 0 radical (unpaired) electrons. The van der Waals surface area contributed by atoms with Crippen molar-refractivity contribution in [1.29, 1.82) is 0 Å². The summed E-state index contributed by atoms with van der Waals surface area (Å²) >= 11 is 0. The topological polar surface area (TPSA) is 29.5 Å². The predicted octanol–water partition coefficient (Wildman–Crippen LogP) is 2.08. The van der Waals surface area contributed by atoms with E-state index in [-0.39, 0.29) is 0 Å². The van der Waals surface area contributed by atoms with Crippen molar-refractivity contribution in [3.05, 3.63) is 12.7 Å². The van der Waals surface area contributed by atoms with Crippen molar-refractivity contribution in [2.75, 3.05) is 13.7 Å². The molecule has 0 fully saturated rings. The molecule has 1 amide bonds. The van der Waals surface area contributed by atoms with Crippen LogP contribution < -0.4 is 0 Å². The summed E-state index contributed by atoms with van der Waals surface area (Å²) in [6, 6.07) is 2.81. The predicted molar refractivity (Wildman–Crippen MR) is 60.4 cm³/mol. The van der Waals surface area contributed by atoms with Crippen LogP contribution in [0.3, 0.4) is 0 Å². The first-order valence-electron chi connectivity index (χ1n) is 4.40. The Kier molecular flexibility index (Phi) is 5.03. The molecule has 0 unspecified atom stereocenters. The Morgan fingerprint density at radius 2 is 2.14 bits per heavy atom. The Hall–Kier alpha value is -1.21. The lowest BCUT2D eigenvalue weighted by atomic mass is 10.6. The molecule has 0 aliphatic carbocycles. The number of hydrogen-bond acceptors (Lipinski definition) is 2. The van der Waals surface area contributed by atoms with Gasteiger partial charge in [-0.1, -0.05) is 25.7 Å². The lowest BCUT2D eigenvalue weighted by Crippen LogP contribution is -2.27. The Balaban J connectivity index is 4.57. The molecule has 0 aliphatic heterocycles. The van der Waals surface area contributed by atoms with Crippen molar-refractivity contribution in [2.45, 2.75) is 19.6 Å². The first kappa shape index (κ1) is 12.8. The molecule has 0 aromatic carbocycles. The highest BCUT2D eigenvalue weighted by molar-refractivity contribution is 6.83. The number of ether oxygens (including phenoxy) is 1. The number of hydrogen-bond donors (Lipinski definition) is 0. The lowest BCUT2D eigenvalue weighted by molar-refractivity contribution is 0.146. The van der Waals surface area contributed by atoms with Gasteiger partial charge in [0.15, 0.2) is 0 Å². The average Bonchev–Trinajstić information content (AvgIpc) is 2.09. The minimum Gasteiger partial charge on any atom is -0.452 e. The van der Waals surface area contributed by atoms with Crippen LogP contribution in [0.25, 0.3) is 0 Å². The summed E-state index contributed by atoms with van der Waals surface area (Å²) in [7, 11) is -0.111. The zero-order valence-electron chi connectivity index (χ0n) is 9.26. The average molecular weight is 211 g/mol. The minimum absolute atomic E-state index is 0.393. The third kappa shape index (κ3) is 5.44. The molecule has 14 heavy (non-hydrogen) atoms. The fourth-order valence-electron chi connectivity index (χ4n) is 0.640. The van der Waals surface area contributed by atoms with Gasteiger partial charge >= 0.3 is 6.09 Å². The van der Waals surface area contributed by atoms with E-state index in [9.17, 15) is 4.79 Å². The maximum atomic E-state index is 11.2. The number of rotatable bonds is 2. The second-order valence-corrected chi connectivity index (χ2v) is 8.61. The van der Waals surface area contributed by atoms with Gasteiger partial charge in [0.2, 0.25) is 0 Å². The van der Waals surface area contributed by atoms with E-state index in [1.54, 1.807) is 6.08 Å². The van der Waals surface area contributed by atoms with Crippen LogP contribution in [0.4, 0.5) is 4.79 Å². The van der Waals surface area contributed by atoms with E-state index in [0.717, 1.165) is 0 Å². The van der Waals surface area contributed by atoms with Crippen LogP contribution in [0, 0.1) is 11.6 Å². The highest BCUT2D eigenvalue weighted by Gasteiger charge is 2.12. The molecule has 4 heteroatoms. The van der Waals surface area contributed by atoms with E-state index < -0.39 is 14.2 Å². The number of amides is 1. The minimum atomic E-state index is -1.45. The van der Waals surface area contributed by atoms with Gasteiger partial charge in [-0.3, -0.25) is 0 Å². The monoisotopic (exact) mass is 211 g/mol. The van der Waals surface area contributed by atoms with E-state index in [2.05, 4.69) is 42.5 Å². The lowest BCUT2D eigenvalue weighted by Gasteiger charge is -2.12. The van der Waals surface area contributed by atoms with E-state index in [1.807, 2.05) is 0 Å². The third-order valence-corrected chi connectivity index (χ3v) is 2.13. The maximum absolute atomic E-state index is 11.2. The van der Waals surface area contributed by atoms with Crippen LogP contribution in [0.5, 0.6) is 0 Å². The number of methoxy groups -OCH3 is 1. The molecule has 0 spiro atoms. The fourth-order valence-corrected chi connectivity index (χ4v) is 1.11. The molecular formula is C10H17NO2Si. The van der Waals surface area contributed by atoms with E-state index >= 15 is 0 Å². The van der Waals surface area contributed by atoms with E-state index in [1.165, 1.54) is 12.0 Å². The second-order valence-electron chi connectivity index (χ2n) is 3.86. The molecule has 0 saturated carbocycles. The van der Waals surface area contributed by atoms with Gasteiger partial charge in [0.1, 0.15) is 8.07 Å². The number of nitrogens with zero attached hydrogens (tertiary/aromatic N) is 1. The second kappa shape index (κ2) is 5.50. The van der Waals surface area contributed by atoms with Gasteiger partial charge in [0.05, 0.1) is 13.7 Å². The zero-order chi connectivity index (χ0) is 11.2. The van der Waals surface area contributed by atoms with Gasteiger partial charge in [-0.2, -0.15) is 0 Å². The molecule has 0 aromatic heterocycles. The van der Waals surface area contributed by atoms with Gasteiger partial charge in [-0.15, -0.1) is 12.1 Å². The highest BCUT2D eigenvalue weighted by Crippen LogP contribution is 1.98. The molecule has 0 N–H and O–H groups in total. The standard InChI is InChI=1S/C10H17NO2Si/c1-6-7-11(10(12)13-2)8-9-14(3,4)5/h6H,1,7H2,2-5H3. The van der Waals surface area contributed by atoms with E-state index in [4.69, 9.17) is 0 Å². The summed E-state index contributed by atoms with van der Waals surface area (Å²) < 4.78 is 4.58. The van der Waals surface area contributed by atoms with Gasteiger partial charge in [-0.25, -0.2) is 9.69 Å². The normalized spacial score (nSPS) is 9.71. The van der Waals surface area contributed by atoms with E-state index in [0.29, 0.717) is 6.54 Å². The van der Waals surface area contributed by atoms with Crippen molar-refractivity contribution < 1.29 is 9.53 Å². The number of carbonyl (C=O) groups is 1. The molecule has 0 heterocycles. The molecule has 0 bridgehead atoms. The third-order valence-electron chi connectivity index (χ3n) is 1.27. The van der Waals surface area contributed by atoms with Crippen molar-refractivity contribution in [3.8, 4) is 11.6 Å². The molecule has 78 valence electrons. The van der Waals surface area contributed by atoms with Gasteiger partial charge < -0.3 is 4.74 Å². The van der Waals surface area contributed by atoms with Crippen LogP contribution in [-0.4, -0.2) is 32.7 Å². The quantitative estimate of drug-likeness (QED) is 0.303. The first-order chi connectivity index (χ1) is 6.40. The van der Waals surface area contributed by atoms with Crippen molar-refractivity contribution in [1.82, 2.24) is 4.90 Å². The van der Waals surface area contributed by atoms with Gasteiger partial charge in [0, 0.05) is 6.04 Å². The Morgan fingerprint density at radius 1 is 1.57 bits per heavy atom. The summed E-state index contributed by atoms with van der Waals surface area (Å²) in [6.07, 6.45) is 1.19. The Labute approximate surface area is 86.7 Å². The summed E-state index contributed by atoms with van der Waals surface area (Å²) in [4.78, 5) is 12.5. The molecule has 0 rings (SSSR count). The summed E-state index contributed by atoms with van der Waals surface area (Å²) in [5.74, 6) is 0. The molecule has 0 aliphatic rings. The highest BCUT2D eigenvalue weighted by atomic mass is 28.3. The molecule has 0 saturated heterocycles. The molecule has 0 aromatic rings. The Morgan fingerprint density at radius 3 is 2.50 bits per heavy atom. The van der Waals surface area contributed by atoms with Crippen LogP contribution in [0.2, 0.25) is 19.6 Å². The van der Waals surface area contributed by atoms with Crippen LogP contribution >= 0.6 is 0 Å². The first-order valence-corrected chi connectivity index (χ1v) is 7.90. The summed E-state index contributed by atoms with van der Waals surface area (Å²) in [6.45, 7) is 10.3. The van der Waals surface area contributed by atoms with Crippen LogP contribution in [0.1, 0.15) is 0 Å². The van der Waals surface area contributed by atoms with Crippen LogP contribution in [0.15, 0.2) is 12.7 Å². The van der Waals surface area contributed by atoms with Crippen molar-refractivity contribution >= 4 is 14.2 Å². The smallest absolute Gasteiger partial charge is 0.421 e. The summed E-state index contributed by atoms with van der Waals surface area (Å²) in [5, 5.41) is 0.